The summed E-state index contributed by atoms with van der Waals surface area (Å²) in [5, 5.41) is 22.9. The number of carbonyl (C=O) groups excluding carboxylic acids is 1. The Labute approximate surface area is 171 Å². The van der Waals surface area contributed by atoms with Crippen LogP contribution >= 0.6 is 11.8 Å². The van der Waals surface area contributed by atoms with E-state index in [1.54, 1.807) is 25.4 Å². The lowest BCUT2D eigenvalue weighted by Crippen LogP contribution is -2.15. The van der Waals surface area contributed by atoms with Crippen molar-refractivity contribution in [1.82, 2.24) is 19.7 Å². The summed E-state index contributed by atoms with van der Waals surface area (Å²) in [6.07, 6.45) is 4.26. The maximum Gasteiger partial charge on any atom is 0.293 e. The third-order valence-corrected chi connectivity index (χ3v) is 5.03. The number of nitro groups is 1. The maximum atomic E-state index is 12.4. The Hall–Kier alpha value is -3.27. The highest BCUT2D eigenvalue weighted by Gasteiger charge is 2.18. The number of pyridine rings is 1. The molecule has 0 aliphatic carbocycles. The lowest BCUT2D eigenvalue weighted by atomic mass is 10.2. The van der Waals surface area contributed by atoms with E-state index in [1.807, 2.05) is 23.6 Å². The fourth-order valence-corrected chi connectivity index (χ4v) is 3.51. The van der Waals surface area contributed by atoms with Gasteiger partial charge in [-0.3, -0.25) is 19.9 Å². The predicted molar refractivity (Wildman–Crippen MR) is 111 cm³/mol. The van der Waals surface area contributed by atoms with Crippen molar-refractivity contribution in [2.45, 2.75) is 32.0 Å². The van der Waals surface area contributed by atoms with Crippen LogP contribution in [-0.2, 0) is 11.3 Å². The summed E-state index contributed by atoms with van der Waals surface area (Å²) in [4.78, 5) is 27.1. The average Bonchev–Trinajstić information content (AvgIpc) is 3.11. The maximum absolute atomic E-state index is 12.4. The molecule has 0 atom stereocenters. The zero-order valence-electron chi connectivity index (χ0n) is 16.0. The Morgan fingerprint density at radius 1 is 1.24 bits per heavy atom. The minimum Gasteiger partial charge on any atom is -0.320 e. The smallest absolute Gasteiger partial charge is 0.293 e. The number of rotatable bonds is 8. The molecule has 0 unspecified atom stereocenters. The number of amides is 1. The molecule has 0 bridgehead atoms. The van der Waals surface area contributed by atoms with Crippen LogP contribution in [0.4, 0.5) is 11.4 Å². The fraction of sp³-hybridized carbons (Fsp3) is 0.263. The predicted octanol–water partition coefficient (Wildman–Crippen LogP) is 3.70. The number of benzene rings is 1. The molecular formula is C19H20N6O3S. The number of anilines is 1. The SMILES string of the molecule is CCCn1c(SCC(=O)Nc2ccc(C)cc2[N+](=O)[O-])nnc1-c1ccncc1. The normalized spacial score (nSPS) is 10.7. The van der Waals surface area contributed by atoms with Crippen LogP contribution in [-0.4, -0.2) is 36.3 Å². The topological polar surface area (TPSA) is 116 Å². The quantitative estimate of drug-likeness (QED) is 0.341. The first-order valence-electron chi connectivity index (χ1n) is 9.01. The molecule has 0 saturated heterocycles. The van der Waals surface area contributed by atoms with Gasteiger partial charge in [0.15, 0.2) is 11.0 Å². The lowest BCUT2D eigenvalue weighted by molar-refractivity contribution is -0.384. The van der Waals surface area contributed by atoms with Crippen molar-refractivity contribution in [3.8, 4) is 11.4 Å². The van der Waals surface area contributed by atoms with Gasteiger partial charge in [-0.05, 0) is 37.1 Å². The van der Waals surface area contributed by atoms with Crippen molar-refractivity contribution in [3.63, 3.8) is 0 Å². The summed E-state index contributed by atoms with van der Waals surface area (Å²) in [6.45, 7) is 4.52. The molecule has 3 rings (SSSR count). The monoisotopic (exact) mass is 412 g/mol. The Morgan fingerprint density at radius 3 is 2.69 bits per heavy atom. The van der Waals surface area contributed by atoms with E-state index < -0.39 is 4.92 Å². The van der Waals surface area contributed by atoms with Crippen LogP contribution in [0, 0.1) is 17.0 Å². The van der Waals surface area contributed by atoms with Crippen LogP contribution in [0.1, 0.15) is 18.9 Å². The summed E-state index contributed by atoms with van der Waals surface area (Å²) in [6, 6.07) is 8.40. The summed E-state index contributed by atoms with van der Waals surface area (Å²) < 4.78 is 1.96. The standard InChI is InChI=1S/C19H20N6O3S/c1-3-10-24-18(14-6-8-20-9-7-14)22-23-19(24)29-12-17(26)21-15-5-4-13(2)11-16(15)25(27)28/h4-9,11H,3,10,12H2,1-2H3,(H,21,26). The molecule has 3 aromatic rings. The lowest BCUT2D eigenvalue weighted by Gasteiger charge is -2.09. The highest BCUT2D eigenvalue weighted by molar-refractivity contribution is 7.99. The molecule has 1 aromatic carbocycles. The zero-order chi connectivity index (χ0) is 20.8. The van der Waals surface area contributed by atoms with Gasteiger partial charge in [0.1, 0.15) is 5.69 Å². The van der Waals surface area contributed by atoms with Crippen molar-refractivity contribution in [1.29, 1.82) is 0 Å². The van der Waals surface area contributed by atoms with Gasteiger partial charge in [0, 0.05) is 30.6 Å². The molecule has 2 heterocycles. The number of nitrogens with zero attached hydrogens (tertiary/aromatic N) is 5. The third kappa shape index (κ3) is 4.96. The van der Waals surface area contributed by atoms with Crippen LogP contribution in [0.2, 0.25) is 0 Å². The van der Waals surface area contributed by atoms with E-state index in [-0.39, 0.29) is 23.0 Å². The van der Waals surface area contributed by atoms with Gasteiger partial charge in [-0.15, -0.1) is 10.2 Å². The van der Waals surface area contributed by atoms with Crippen LogP contribution < -0.4 is 5.32 Å². The van der Waals surface area contributed by atoms with Crippen LogP contribution in [0.25, 0.3) is 11.4 Å². The van der Waals surface area contributed by atoms with Crippen LogP contribution in [0.15, 0.2) is 47.9 Å². The molecule has 0 saturated carbocycles. The van der Waals surface area contributed by atoms with Crippen molar-refractivity contribution in [3.05, 3.63) is 58.4 Å². The molecular weight excluding hydrogens is 392 g/mol. The first-order valence-corrected chi connectivity index (χ1v) is 9.99. The second kappa shape index (κ2) is 9.28. The van der Waals surface area contributed by atoms with E-state index in [9.17, 15) is 14.9 Å². The van der Waals surface area contributed by atoms with Gasteiger partial charge >= 0.3 is 0 Å². The number of carbonyl (C=O) groups is 1. The van der Waals surface area contributed by atoms with Crippen molar-refractivity contribution in [2.24, 2.45) is 0 Å². The molecule has 1 amide bonds. The van der Waals surface area contributed by atoms with E-state index in [0.29, 0.717) is 17.5 Å². The summed E-state index contributed by atoms with van der Waals surface area (Å²) in [5.41, 5.74) is 1.70. The van der Waals surface area contributed by atoms with Gasteiger partial charge in [0.2, 0.25) is 5.91 Å². The molecule has 29 heavy (non-hydrogen) atoms. The molecule has 150 valence electrons. The average molecular weight is 412 g/mol. The Balaban J connectivity index is 1.73. The third-order valence-electron chi connectivity index (χ3n) is 4.06. The van der Waals surface area contributed by atoms with Gasteiger partial charge in [-0.25, -0.2) is 0 Å². The zero-order valence-corrected chi connectivity index (χ0v) is 16.8. The number of hydrogen-bond acceptors (Lipinski definition) is 7. The van der Waals surface area contributed by atoms with Crippen molar-refractivity contribution in [2.75, 3.05) is 11.1 Å². The number of nitrogens with one attached hydrogen (secondary N) is 1. The second-order valence-corrected chi connectivity index (χ2v) is 7.25. The number of aryl methyl sites for hydroxylation is 1. The number of thioether (sulfide) groups is 1. The number of nitro benzene ring substituents is 1. The van der Waals surface area contributed by atoms with Crippen LogP contribution in [0.5, 0.6) is 0 Å². The van der Waals surface area contributed by atoms with E-state index in [4.69, 9.17) is 0 Å². The Kier molecular flexibility index (Phi) is 6.55. The Bertz CT molecular complexity index is 1020. The summed E-state index contributed by atoms with van der Waals surface area (Å²) in [7, 11) is 0. The largest absolute Gasteiger partial charge is 0.320 e. The first kappa shape index (κ1) is 20.5. The molecule has 9 nitrogen and oxygen atoms in total. The molecule has 0 aliphatic rings. The summed E-state index contributed by atoms with van der Waals surface area (Å²) >= 11 is 1.24. The van der Waals surface area contributed by atoms with Gasteiger partial charge in [-0.1, -0.05) is 24.8 Å². The molecule has 1 N–H and O–H groups in total. The van der Waals surface area contributed by atoms with E-state index in [0.717, 1.165) is 17.5 Å². The second-order valence-electron chi connectivity index (χ2n) is 6.31. The molecule has 2 aromatic heterocycles. The fourth-order valence-electron chi connectivity index (χ4n) is 2.75. The highest BCUT2D eigenvalue weighted by Crippen LogP contribution is 2.27. The number of hydrogen-bond donors (Lipinski definition) is 1. The van der Waals surface area contributed by atoms with Crippen LogP contribution in [0.3, 0.4) is 0 Å². The van der Waals surface area contributed by atoms with E-state index in [2.05, 4.69) is 20.5 Å². The van der Waals surface area contributed by atoms with Crippen molar-refractivity contribution >= 4 is 29.0 Å². The van der Waals surface area contributed by atoms with Crippen molar-refractivity contribution < 1.29 is 9.72 Å². The molecule has 10 heteroatoms. The number of aromatic nitrogens is 4. The van der Waals surface area contributed by atoms with Gasteiger partial charge in [-0.2, -0.15) is 0 Å². The minimum absolute atomic E-state index is 0.0588. The summed E-state index contributed by atoms with van der Waals surface area (Å²) in [5.74, 6) is 0.424. The minimum atomic E-state index is -0.505. The molecule has 0 radical (unpaired) electrons. The van der Waals surface area contributed by atoms with E-state index >= 15 is 0 Å². The Morgan fingerprint density at radius 2 is 2.00 bits per heavy atom. The molecule has 0 spiro atoms. The van der Waals surface area contributed by atoms with Gasteiger partial charge in [0.05, 0.1) is 10.7 Å². The van der Waals surface area contributed by atoms with E-state index in [1.165, 1.54) is 23.9 Å². The molecule has 0 aliphatic heterocycles. The van der Waals surface area contributed by atoms with Gasteiger partial charge in [0.25, 0.3) is 5.69 Å². The first-order chi connectivity index (χ1) is 14.0. The molecule has 0 fully saturated rings. The van der Waals surface area contributed by atoms with Gasteiger partial charge < -0.3 is 9.88 Å². The highest BCUT2D eigenvalue weighted by atomic mass is 32.2.